The van der Waals surface area contributed by atoms with Crippen molar-refractivity contribution in [2.45, 2.75) is 46.1 Å². The number of aryl methyl sites for hydroxylation is 1. The highest BCUT2D eigenvalue weighted by Crippen LogP contribution is 2.28. The summed E-state index contributed by atoms with van der Waals surface area (Å²) in [7, 11) is 0. The highest BCUT2D eigenvalue weighted by molar-refractivity contribution is 6.07. The Kier molecular flexibility index (Phi) is 6.34. The molecule has 2 aromatic carbocycles. The molecule has 5 heteroatoms. The molecule has 0 saturated carbocycles. The van der Waals surface area contributed by atoms with Crippen LogP contribution in [-0.4, -0.2) is 30.9 Å². The van der Waals surface area contributed by atoms with Crippen molar-refractivity contribution < 1.29 is 9.59 Å². The zero-order valence-electron chi connectivity index (χ0n) is 16.9. The molecular weight excluding hydrogens is 350 g/mol. The normalized spacial score (nSPS) is 14.6. The first-order chi connectivity index (χ1) is 13.5. The van der Waals surface area contributed by atoms with Gasteiger partial charge in [0.1, 0.15) is 0 Å². The van der Waals surface area contributed by atoms with Gasteiger partial charge in [0.05, 0.1) is 5.56 Å². The quantitative estimate of drug-likeness (QED) is 0.783. The van der Waals surface area contributed by atoms with Crippen molar-refractivity contribution in [3.8, 4) is 0 Å². The Morgan fingerprint density at radius 3 is 2.43 bits per heavy atom. The molecule has 1 aliphatic heterocycles. The van der Waals surface area contributed by atoms with Crippen LogP contribution in [0, 0.1) is 6.92 Å². The van der Waals surface area contributed by atoms with E-state index in [1.54, 1.807) is 12.1 Å². The molecule has 0 radical (unpaired) electrons. The average Bonchev–Trinajstić information content (AvgIpc) is 3.22. The Morgan fingerprint density at radius 2 is 1.75 bits per heavy atom. The van der Waals surface area contributed by atoms with Gasteiger partial charge in [-0.3, -0.25) is 9.59 Å². The van der Waals surface area contributed by atoms with Crippen LogP contribution in [0.25, 0.3) is 0 Å². The third kappa shape index (κ3) is 4.53. The van der Waals surface area contributed by atoms with Crippen LogP contribution in [0.4, 0.5) is 11.4 Å². The Balaban J connectivity index is 1.88. The van der Waals surface area contributed by atoms with Crippen molar-refractivity contribution in [3.05, 3.63) is 59.2 Å². The molecule has 2 aromatic rings. The predicted octanol–water partition coefficient (Wildman–Crippen LogP) is 4.38. The van der Waals surface area contributed by atoms with Gasteiger partial charge in [-0.05, 0) is 62.9 Å². The van der Waals surface area contributed by atoms with E-state index in [1.807, 2.05) is 51.1 Å². The van der Waals surface area contributed by atoms with E-state index in [9.17, 15) is 9.59 Å². The van der Waals surface area contributed by atoms with Crippen molar-refractivity contribution >= 4 is 23.2 Å². The summed E-state index contributed by atoms with van der Waals surface area (Å²) < 4.78 is 0. The van der Waals surface area contributed by atoms with Gasteiger partial charge in [-0.15, -0.1) is 0 Å². The maximum atomic E-state index is 12.9. The van der Waals surface area contributed by atoms with Crippen molar-refractivity contribution in [3.63, 3.8) is 0 Å². The van der Waals surface area contributed by atoms with Gasteiger partial charge in [-0.1, -0.05) is 25.1 Å². The summed E-state index contributed by atoms with van der Waals surface area (Å²) in [5.41, 5.74) is 3.74. The van der Waals surface area contributed by atoms with E-state index >= 15 is 0 Å². The maximum absolute atomic E-state index is 12.9. The zero-order valence-corrected chi connectivity index (χ0v) is 16.9. The van der Waals surface area contributed by atoms with Crippen LogP contribution in [-0.2, 0) is 0 Å². The first-order valence-electron chi connectivity index (χ1n) is 10.1. The molecule has 5 nitrogen and oxygen atoms in total. The lowest BCUT2D eigenvalue weighted by atomic mass is 10.1. The van der Waals surface area contributed by atoms with Gasteiger partial charge in [0.15, 0.2) is 0 Å². The van der Waals surface area contributed by atoms with Crippen LogP contribution in [0.5, 0.6) is 0 Å². The first-order valence-corrected chi connectivity index (χ1v) is 10.1. The third-order valence-corrected chi connectivity index (χ3v) is 5.33. The Hall–Kier alpha value is -2.82. The maximum Gasteiger partial charge on any atom is 0.255 e. The summed E-state index contributed by atoms with van der Waals surface area (Å²) in [5.74, 6) is -0.261. The summed E-state index contributed by atoms with van der Waals surface area (Å²) in [4.78, 5) is 27.8. The SMILES string of the molecule is CCC(C)NC(=O)c1cc(NC(=O)c2ccccc2C)ccc1N1CCCC1. The first kappa shape index (κ1) is 19.9. The van der Waals surface area contributed by atoms with Gasteiger partial charge >= 0.3 is 0 Å². The molecule has 2 amide bonds. The standard InChI is InChI=1S/C23H29N3O2/c1-4-17(3)24-23(28)20-15-18(11-12-21(20)26-13-7-8-14-26)25-22(27)19-10-6-5-9-16(19)2/h5-6,9-12,15,17H,4,7-8,13-14H2,1-3H3,(H,24,28)(H,25,27). The van der Waals surface area contributed by atoms with E-state index in [4.69, 9.17) is 0 Å². The van der Waals surface area contributed by atoms with Crippen LogP contribution < -0.4 is 15.5 Å². The van der Waals surface area contributed by atoms with Crippen LogP contribution in [0.2, 0.25) is 0 Å². The van der Waals surface area contributed by atoms with E-state index in [0.29, 0.717) is 16.8 Å². The zero-order chi connectivity index (χ0) is 20.1. The van der Waals surface area contributed by atoms with Crippen LogP contribution >= 0.6 is 0 Å². The largest absolute Gasteiger partial charge is 0.371 e. The van der Waals surface area contributed by atoms with Crippen LogP contribution in [0.3, 0.4) is 0 Å². The molecule has 148 valence electrons. The molecule has 0 spiro atoms. The summed E-state index contributed by atoms with van der Waals surface area (Å²) in [6.45, 7) is 7.87. The molecule has 1 unspecified atom stereocenters. The van der Waals surface area contributed by atoms with Gasteiger partial charge in [0, 0.05) is 36.1 Å². The molecule has 1 atom stereocenters. The number of nitrogens with one attached hydrogen (secondary N) is 2. The topological polar surface area (TPSA) is 61.4 Å². The second kappa shape index (κ2) is 8.91. The monoisotopic (exact) mass is 379 g/mol. The number of carbonyl (C=O) groups excluding carboxylic acids is 2. The van der Waals surface area contributed by atoms with Crippen molar-refractivity contribution in [2.75, 3.05) is 23.3 Å². The van der Waals surface area contributed by atoms with Gasteiger partial charge in [0.2, 0.25) is 0 Å². The molecule has 1 saturated heterocycles. The number of carbonyl (C=O) groups is 2. The van der Waals surface area contributed by atoms with E-state index in [0.717, 1.165) is 43.6 Å². The second-order valence-electron chi connectivity index (χ2n) is 7.48. The molecule has 1 fully saturated rings. The number of nitrogens with zero attached hydrogens (tertiary/aromatic N) is 1. The molecule has 2 N–H and O–H groups in total. The molecule has 3 rings (SSSR count). The highest BCUT2D eigenvalue weighted by Gasteiger charge is 2.21. The van der Waals surface area contributed by atoms with Gasteiger partial charge < -0.3 is 15.5 Å². The Bertz CT molecular complexity index is 857. The minimum atomic E-state index is -0.166. The summed E-state index contributed by atoms with van der Waals surface area (Å²) in [6, 6.07) is 13.2. The van der Waals surface area contributed by atoms with Crippen LogP contribution in [0.15, 0.2) is 42.5 Å². The van der Waals surface area contributed by atoms with Crippen molar-refractivity contribution in [1.29, 1.82) is 0 Å². The van der Waals surface area contributed by atoms with Gasteiger partial charge in [0.25, 0.3) is 11.8 Å². The summed E-state index contributed by atoms with van der Waals surface area (Å²) in [6.07, 6.45) is 3.14. The van der Waals surface area contributed by atoms with E-state index in [2.05, 4.69) is 15.5 Å². The third-order valence-electron chi connectivity index (χ3n) is 5.33. The lowest BCUT2D eigenvalue weighted by Gasteiger charge is -2.23. The molecule has 1 aliphatic rings. The fourth-order valence-electron chi connectivity index (χ4n) is 3.46. The van der Waals surface area contributed by atoms with E-state index in [-0.39, 0.29) is 17.9 Å². The minimum Gasteiger partial charge on any atom is -0.371 e. The Morgan fingerprint density at radius 1 is 1.04 bits per heavy atom. The number of rotatable bonds is 6. The lowest BCUT2D eigenvalue weighted by Crippen LogP contribution is -2.33. The molecule has 1 heterocycles. The van der Waals surface area contributed by atoms with Crippen LogP contribution in [0.1, 0.15) is 59.4 Å². The average molecular weight is 380 g/mol. The Labute approximate surface area is 167 Å². The van der Waals surface area contributed by atoms with Gasteiger partial charge in [-0.25, -0.2) is 0 Å². The number of anilines is 2. The molecular formula is C23H29N3O2. The predicted molar refractivity (Wildman–Crippen MR) is 114 cm³/mol. The number of amides is 2. The number of benzene rings is 2. The van der Waals surface area contributed by atoms with Gasteiger partial charge in [-0.2, -0.15) is 0 Å². The molecule has 28 heavy (non-hydrogen) atoms. The highest BCUT2D eigenvalue weighted by atomic mass is 16.2. The fourth-order valence-corrected chi connectivity index (χ4v) is 3.46. The van der Waals surface area contributed by atoms with E-state index < -0.39 is 0 Å². The number of hydrogen-bond donors (Lipinski definition) is 2. The fraction of sp³-hybridized carbons (Fsp3) is 0.391. The van der Waals surface area contributed by atoms with Crippen molar-refractivity contribution in [2.24, 2.45) is 0 Å². The molecule has 0 aliphatic carbocycles. The van der Waals surface area contributed by atoms with E-state index in [1.165, 1.54) is 0 Å². The van der Waals surface area contributed by atoms with Crippen molar-refractivity contribution in [1.82, 2.24) is 5.32 Å². The summed E-state index contributed by atoms with van der Waals surface area (Å²) >= 11 is 0. The molecule has 0 bridgehead atoms. The minimum absolute atomic E-state index is 0.0942. The second-order valence-corrected chi connectivity index (χ2v) is 7.48. The molecule has 0 aromatic heterocycles. The smallest absolute Gasteiger partial charge is 0.255 e. The number of hydrogen-bond acceptors (Lipinski definition) is 3. The summed E-state index contributed by atoms with van der Waals surface area (Å²) in [5, 5.41) is 5.99. The lowest BCUT2D eigenvalue weighted by molar-refractivity contribution is 0.0938.